The van der Waals surface area contributed by atoms with Crippen molar-refractivity contribution in [3.05, 3.63) is 54.4 Å². The normalized spacial score (nSPS) is 11.0. The molecule has 0 aliphatic carbocycles. The summed E-state index contributed by atoms with van der Waals surface area (Å²) >= 11 is 4.71. The summed E-state index contributed by atoms with van der Waals surface area (Å²) in [7, 11) is -3.59. The number of pyridine rings is 1. The SMILES string of the molecule is NC(=S)Nc1ccc(S(=O)(=O)NCc2ccccn2)cc1. The quantitative estimate of drug-likeness (QED) is 0.716. The molecular formula is C13H14N4O2S2. The van der Waals surface area contributed by atoms with Crippen molar-refractivity contribution in [2.24, 2.45) is 5.73 Å². The van der Waals surface area contributed by atoms with Crippen LogP contribution in [0.15, 0.2) is 53.6 Å². The molecule has 2 aromatic rings. The van der Waals surface area contributed by atoms with Gasteiger partial charge in [-0.2, -0.15) is 0 Å². The molecule has 0 unspecified atom stereocenters. The third kappa shape index (κ3) is 4.48. The lowest BCUT2D eigenvalue weighted by Crippen LogP contribution is -2.24. The largest absolute Gasteiger partial charge is 0.376 e. The van der Waals surface area contributed by atoms with E-state index >= 15 is 0 Å². The highest BCUT2D eigenvalue weighted by Crippen LogP contribution is 2.14. The second-order valence-electron chi connectivity index (χ2n) is 4.16. The number of nitrogens with two attached hydrogens (primary N) is 1. The van der Waals surface area contributed by atoms with Gasteiger partial charge in [0.2, 0.25) is 10.0 Å². The molecule has 110 valence electrons. The van der Waals surface area contributed by atoms with Gasteiger partial charge in [0, 0.05) is 11.9 Å². The minimum absolute atomic E-state index is 0.124. The number of anilines is 1. The van der Waals surface area contributed by atoms with Crippen LogP contribution in [0.3, 0.4) is 0 Å². The highest BCUT2D eigenvalue weighted by Gasteiger charge is 2.13. The first-order chi connectivity index (χ1) is 9.97. The van der Waals surface area contributed by atoms with E-state index in [2.05, 4.69) is 15.0 Å². The van der Waals surface area contributed by atoms with Crippen LogP contribution in [0, 0.1) is 0 Å². The third-order valence-corrected chi connectivity index (χ3v) is 4.12. The van der Waals surface area contributed by atoms with Gasteiger partial charge in [0.15, 0.2) is 5.11 Å². The van der Waals surface area contributed by atoms with Crippen molar-refractivity contribution in [3.8, 4) is 0 Å². The van der Waals surface area contributed by atoms with Gasteiger partial charge >= 0.3 is 0 Å². The first-order valence-electron chi connectivity index (χ1n) is 6.03. The maximum Gasteiger partial charge on any atom is 0.240 e. The summed E-state index contributed by atoms with van der Waals surface area (Å²) in [6, 6.07) is 11.4. The average molecular weight is 322 g/mol. The van der Waals surface area contributed by atoms with Crippen LogP contribution in [0.2, 0.25) is 0 Å². The molecule has 0 radical (unpaired) electrons. The van der Waals surface area contributed by atoms with Crippen molar-refractivity contribution >= 4 is 33.0 Å². The standard InChI is InChI=1S/C13H14N4O2S2/c14-13(20)17-10-4-6-12(7-5-10)21(18,19)16-9-11-3-1-2-8-15-11/h1-8,16H,9H2,(H3,14,17,20). The number of hydrogen-bond acceptors (Lipinski definition) is 4. The number of hydrogen-bond donors (Lipinski definition) is 3. The number of nitrogens with zero attached hydrogens (tertiary/aromatic N) is 1. The van der Waals surface area contributed by atoms with Crippen LogP contribution in [0.5, 0.6) is 0 Å². The Morgan fingerprint density at radius 1 is 1.19 bits per heavy atom. The van der Waals surface area contributed by atoms with Gasteiger partial charge in [0.25, 0.3) is 0 Å². The molecule has 0 saturated carbocycles. The van der Waals surface area contributed by atoms with E-state index in [1.165, 1.54) is 12.1 Å². The predicted molar refractivity (Wildman–Crippen MR) is 85.1 cm³/mol. The van der Waals surface area contributed by atoms with E-state index in [0.29, 0.717) is 11.4 Å². The minimum atomic E-state index is -3.59. The average Bonchev–Trinajstić information content (AvgIpc) is 2.46. The summed E-state index contributed by atoms with van der Waals surface area (Å²) < 4.78 is 26.7. The lowest BCUT2D eigenvalue weighted by atomic mass is 10.3. The Morgan fingerprint density at radius 3 is 2.48 bits per heavy atom. The summed E-state index contributed by atoms with van der Waals surface area (Å²) in [6.45, 7) is 0.135. The predicted octanol–water partition coefficient (Wildman–Crippen LogP) is 1.22. The summed E-state index contributed by atoms with van der Waals surface area (Å²) in [5.41, 5.74) is 6.62. The molecule has 0 atom stereocenters. The zero-order chi connectivity index (χ0) is 15.3. The smallest absolute Gasteiger partial charge is 0.240 e. The Labute approximate surface area is 128 Å². The van der Waals surface area contributed by atoms with Crippen molar-refractivity contribution in [2.45, 2.75) is 11.4 Å². The number of nitrogens with one attached hydrogen (secondary N) is 2. The van der Waals surface area contributed by atoms with Crippen LogP contribution in [0.4, 0.5) is 5.69 Å². The summed E-state index contributed by atoms with van der Waals surface area (Å²) in [5, 5.41) is 2.85. The van der Waals surface area contributed by atoms with Gasteiger partial charge in [-0.3, -0.25) is 4.98 Å². The summed E-state index contributed by atoms with van der Waals surface area (Å²) in [4.78, 5) is 4.22. The molecular weight excluding hydrogens is 308 g/mol. The van der Waals surface area contributed by atoms with Crippen molar-refractivity contribution in [1.82, 2.24) is 9.71 Å². The Balaban J connectivity index is 2.07. The molecule has 4 N–H and O–H groups in total. The molecule has 21 heavy (non-hydrogen) atoms. The fourth-order valence-corrected chi connectivity index (χ4v) is 2.73. The van der Waals surface area contributed by atoms with E-state index in [1.54, 1.807) is 36.5 Å². The number of aromatic nitrogens is 1. The molecule has 0 saturated heterocycles. The molecule has 0 spiro atoms. The number of thiocarbonyl (C=S) groups is 1. The molecule has 1 aromatic heterocycles. The Kier molecular flexibility index (Phi) is 4.84. The number of benzene rings is 1. The first kappa shape index (κ1) is 15.4. The molecule has 8 heteroatoms. The Bertz CT molecular complexity index is 716. The lowest BCUT2D eigenvalue weighted by Gasteiger charge is -2.08. The minimum Gasteiger partial charge on any atom is -0.376 e. The topological polar surface area (TPSA) is 97.1 Å². The second-order valence-corrected chi connectivity index (χ2v) is 6.37. The molecule has 0 aliphatic heterocycles. The molecule has 0 fully saturated rings. The molecule has 6 nitrogen and oxygen atoms in total. The Hall–Kier alpha value is -2.03. The van der Waals surface area contributed by atoms with Crippen molar-refractivity contribution in [1.29, 1.82) is 0 Å². The maximum absolute atomic E-state index is 12.1. The van der Waals surface area contributed by atoms with E-state index in [1.807, 2.05) is 0 Å². The van der Waals surface area contributed by atoms with E-state index in [0.717, 1.165) is 0 Å². The highest BCUT2D eigenvalue weighted by atomic mass is 32.2. The second kappa shape index (κ2) is 6.61. The first-order valence-corrected chi connectivity index (χ1v) is 7.92. The van der Waals surface area contributed by atoms with E-state index in [9.17, 15) is 8.42 Å². The molecule has 0 amide bonds. The van der Waals surface area contributed by atoms with Crippen LogP contribution in [0.25, 0.3) is 0 Å². The van der Waals surface area contributed by atoms with Crippen LogP contribution in [-0.4, -0.2) is 18.5 Å². The third-order valence-electron chi connectivity index (χ3n) is 2.60. The zero-order valence-electron chi connectivity index (χ0n) is 11.0. The van der Waals surface area contributed by atoms with Crippen molar-refractivity contribution in [2.75, 3.05) is 5.32 Å². The van der Waals surface area contributed by atoms with Crippen LogP contribution >= 0.6 is 12.2 Å². The molecule has 1 heterocycles. The molecule has 1 aromatic carbocycles. The van der Waals surface area contributed by atoms with E-state index in [-0.39, 0.29) is 16.6 Å². The fourth-order valence-electron chi connectivity index (χ4n) is 1.61. The summed E-state index contributed by atoms with van der Waals surface area (Å²) in [5.74, 6) is 0. The monoisotopic (exact) mass is 322 g/mol. The maximum atomic E-state index is 12.1. The number of sulfonamides is 1. The van der Waals surface area contributed by atoms with Crippen molar-refractivity contribution < 1.29 is 8.42 Å². The van der Waals surface area contributed by atoms with E-state index in [4.69, 9.17) is 18.0 Å². The van der Waals surface area contributed by atoms with Gasteiger partial charge in [0.1, 0.15) is 0 Å². The van der Waals surface area contributed by atoms with Crippen molar-refractivity contribution in [3.63, 3.8) is 0 Å². The lowest BCUT2D eigenvalue weighted by molar-refractivity contribution is 0.580. The zero-order valence-corrected chi connectivity index (χ0v) is 12.6. The highest BCUT2D eigenvalue weighted by molar-refractivity contribution is 7.89. The van der Waals surface area contributed by atoms with E-state index < -0.39 is 10.0 Å². The van der Waals surface area contributed by atoms with Gasteiger partial charge in [0.05, 0.1) is 17.1 Å². The van der Waals surface area contributed by atoms with Gasteiger partial charge in [-0.1, -0.05) is 6.07 Å². The molecule has 0 aliphatic rings. The Morgan fingerprint density at radius 2 is 1.90 bits per heavy atom. The van der Waals surface area contributed by atoms with Gasteiger partial charge in [-0.25, -0.2) is 13.1 Å². The summed E-state index contributed by atoms with van der Waals surface area (Å²) in [6.07, 6.45) is 1.61. The van der Waals surface area contributed by atoms with Gasteiger partial charge < -0.3 is 11.1 Å². The molecule has 0 bridgehead atoms. The van der Waals surface area contributed by atoms with Crippen LogP contribution in [0.1, 0.15) is 5.69 Å². The number of rotatable bonds is 5. The van der Waals surface area contributed by atoms with Crippen LogP contribution < -0.4 is 15.8 Å². The fraction of sp³-hybridized carbons (Fsp3) is 0.0769. The van der Waals surface area contributed by atoms with Crippen LogP contribution in [-0.2, 0) is 16.6 Å². The van der Waals surface area contributed by atoms with Gasteiger partial charge in [-0.05, 0) is 48.6 Å². The van der Waals surface area contributed by atoms with Gasteiger partial charge in [-0.15, -0.1) is 0 Å². The molecule has 2 rings (SSSR count).